The highest BCUT2D eigenvalue weighted by Gasteiger charge is 2.23. The van der Waals surface area contributed by atoms with Crippen molar-refractivity contribution in [1.82, 2.24) is 8.84 Å². The van der Waals surface area contributed by atoms with Gasteiger partial charge in [-0.2, -0.15) is 0 Å². The Morgan fingerprint density at radius 2 is 1.67 bits per heavy atom. The first-order valence-electron chi connectivity index (χ1n) is 4.13. The molecule has 0 aromatic rings. The van der Waals surface area contributed by atoms with E-state index in [1.54, 1.807) is 0 Å². The second kappa shape index (κ2) is 5.28. The second-order valence-corrected chi connectivity index (χ2v) is 4.80. The Balaban J connectivity index is 3.61. The highest BCUT2D eigenvalue weighted by Crippen LogP contribution is 2.24. The van der Waals surface area contributed by atoms with Gasteiger partial charge in [-0.15, -0.1) is 3.94 Å². The zero-order valence-electron chi connectivity index (χ0n) is 8.27. The first kappa shape index (κ1) is 12.5. The summed E-state index contributed by atoms with van der Waals surface area (Å²) in [5.41, 5.74) is -0.126. The monoisotopic (exact) mass is 212 g/mol. The largest absolute Gasteiger partial charge is 0.309 e. The van der Waals surface area contributed by atoms with Gasteiger partial charge in [0.2, 0.25) is 0 Å². The van der Waals surface area contributed by atoms with Gasteiger partial charge in [-0.1, -0.05) is 0 Å². The van der Waals surface area contributed by atoms with Crippen LogP contribution in [0.5, 0.6) is 0 Å². The molecule has 74 valence electrons. The lowest BCUT2D eigenvalue weighted by molar-refractivity contribution is 0.293. The average Bonchev–Trinajstić information content (AvgIpc) is 1.85. The van der Waals surface area contributed by atoms with Crippen molar-refractivity contribution in [2.75, 3.05) is 20.6 Å². The summed E-state index contributed by atoms with van der Waals surface area (Å²) in [5.74, 6) is 0. The lowest BCUT2D eigenvalue weighted by atomic mass is 10.00. The number of hydrogen-bond acceptors (Lipinski definition) is 2. The molecule has 0 aromatic carbocycles. The fraction of sp³-hybridized carbons (Fsp3) is 1.00. The molecular weight excluding hydrogens is 195 g/mol. The van der Waals surface area contributed by atoms with Gasteiger partial charge in [-0.05, 0) is 70.9 Å². The van der Waals surface area contributed by atoms with Crippen LogP contribution in [0.1, 0.15) is 26.7 Å². The van der Waals surface area contributed by atoms with Crippen LogP contribution in [0.2, 0.25) is 0 Å². The molecule has 0 aromatic heterocycles. The molecule has 0 N–H and O–H groups in total. The molecular formula is C8H18Cl2N2. The van der Waals surface area contributed by atoms with E-state index in [0.29, 0.717) is 0 Å². The lowest BCUT2D eigenvalue weighted by Gasteiger charge is -2.27. The van der Waals surface area contributed by atoms with Crippen molar-refractivity contribution in [3.05, 3.63) is 0 Å². The molecule has 0 radical (unpaired) electrons. The molecule has 0 aliphatic carbocycles. The van der Waals surface area contributed by atoms with Crippen molar-refractivity contribution in [2.45, 2.75) is 32.2 Å². The van der Waals surface area contributed by atoms with Crippen molar-refractivity contribution < 1.29 is 0 Å². The SMILES string of the molecule is CN(C)CCCC(C)(C)N(Cl)Cl. The van der Waals surface area contributed by atoms with E-state index in [4.69, 9.17) is 23.6 Å². The first-order chi connectivity index (χ1) is 5.36. The van der Waals surface area contributed by atoms with Crippen molar-refractivity contribution in [2.24, 2.45) is 0 Å². The maximum atomic E-state index is 5.67. The van der Waals surface area contributed by atoms with Gasteiger partial charge < -0.3 is 4.90 Å². The smallest absolute Gasteiger partial charge is 0.0470 e. The fourth-order valence-corrected chi connectivity index (χ4v) is 1.08. The minimum absolute atomic E-state index is 0.126. The zero-order valence-corrected chi connectivity index (χ0v) is 9.78. The molecule has 0 amide bonds. The predicted molar refractivity (Wildman–Crippen MR) is 55.4 cm³/mol. The molecule has 12 heavy (non-hydrogen) atoms. The van der Waals surface area contributed by atoms with Crippen LogP contribution < -0.4 is 0 Å². The van der Waals surface area contributed by atoms with E-state index < -0.39 is 0 Å². The molecule has 0 unspecified atom stereocenters. The number of nitrogens with zero attached hydrogens (tertiary/aromatic N) is 2. The third kappa shape index (κ3) is 5.20. The predicted octanol–water partition coefficient (Wildman–Crippen LogP) is 2.72. The Kier molecular flexibility index (Phi) is 5.50. The normalized spacial score (nSPS) is 13.0. The van der Waals surface area contributed by atoms with E-state index in [9.17, 15) is 0 Å². The van der Waals surface area contributed by atoms with Crippen LogP contribution in [0.15, 0.2) is 0 Å². The van der Waals surface area contributed by atoms with Gasteiger partial charge in [0.25, 0.3) is 0 Å². The quantitative estimate of drug-likeness (QED) is 0.648. The van der Waals surface area contributed by atoms with Crippen molar-refractivity contribution in [3.8, 4) is 0 Å². The summed E-state index contributed by atoms with van der Waals surface area (Å²) in [5, 5.41) is 0. The third-order valence-corrected chi connectivity index (χ3v) is 2.77. The Morgan fingerprint density at radius 3 is 2.00 bits per heavy atom. The molecule has 0 aliphatic rings. The highest BCUT2D eigenvalue weighted by molar-refractivity contribution is 6.34. The van der Waals surface area contributed by atoms with E-state index in [-0.39, 0.29) is 5.54 Å². The number of halogens is 2. The van der Waals surface area contributed by atoms with Crippen molar-refractivity contribution in [3.63, 3.8) is 0 Å². The molecule has 0 atom stereocenters. The van der Waals surface area contributed by atoms with Crippen LogP contribution in [0, 0.1) is 0 Å². The van der Waals surface area contributed by atoms with Crippen LogP contribution in [0.4, 0.5) is 0 Å². The summed E-state index contributed by atoms with van der Waals surface area (Å²) in [7, 11) is 4.12. The lowest BCUT2D eigenvalue weighted by Crippen LogP contribution is -2.31. The van der Waals surface area contributed by atoms with Gasteiger partial charge in [-0.3, -0.25) is 0 Å². The van der Waals surface area contributed by atoms with Crippen LogP contribution >= 0.6 is 23.6 Å². The van der Waals surface area contributed by atoms with Crippen LogP contribution in [0.3, 0.4) is 0 Å². The summed E-state index contributed by atoms with van der Waals surface area (Å²) < 4.78 is 1.24. The highest BCUT2D eigenvalue weighted by atomic mass is 35.5. The van der Waals surface area contributed by atoms with Crippen LogP contribution in [-0.4, -0.2) is 35.0 Å². The summed E-state index contributed by atoms with van der Waals surface area (Å²) in [6.07, 6.45) is 2.11. The van der Waals surface area contributed by atoms with Gasteiger partial charge in [0.05, 0.1) is 0 Å². The van der Waals surface area contributed by atoms with Gasteiger partial charge in [0, 0.05) is 5.54 Å². The van der Waals surface area contributed by atoms with Gasteiger partial charge >= 0.3 is 0 Å². The molecule has 4 heteroatoms. The molecule has 0 saturated carbocycles. The Bertz CT molecular complexity index is 124. The maximum Gasteiger partial charge on any atom is 0.0470 e. The Hall–Kier alpha value is 0.500. The number of rotatable bonds is 5. The second-order valence-electron chi connectivity index (χ2n) is 3.95. The molecule has 0 fully saturated rings. The first-order valence-corrected chi connectivity index (χ1v) is 4.80. The number of hydrogen-bond donors (Lipinski definition) is 0. The molecule has 0 spiro atoms. The third-order valence-electron chi connectivity index (χ3n) is 1.85. The van der Waals surface area contributed by atoms with E-state index >= 15 is 0 Å². The van der Waals surface area contributed by atoms with Crippen LogP contribution in [0.25, 0.3) is 0 Å². The molecule has 2 nitrogen and oxygen atoms in total. The van der Waals surface area contributed by atoms with Crippen molar-refractivity contribution in [1.29, 1.82) is 0 Å². The van der Waals surface area contributed by atoms with Gasteiger partial charge in [-0.25, -0.2) is 0 Å². The van der Waals surface area contributed by atoms with E-state index in [1.807, 2.05) is 13.8 Å². The maximum absolute atomic E-state index is 5.67. The average molecular weight is 213 g/mol. The molecule has 0 bridgehead atoms. The Labute approximate surface area is 85.6 Å². The van der Waals surface area contributed by atoms with Crippen molar-refractivity contribution >= 4 is 23.6 Å². The van der Waals surface area contributed by atoms with Gasteiger partial charge in [0.15, 0.2) is 0 Å². The van der Waals surface area contributed by atoms with E-state index in [0.717, 1.165) is 19.4 Å². The van der Waals surface area contributed by atoms with Gasteiger partial charge in [0.1, 0.15) is 0 Å². The summed E-state index contributed by atoms with van der Waals surface area (Å²) in [4.78, 5) is 2.16. The molecule has 0 heterocycles. The molecule has 0 aliphatic heterocycles. The molecule has 0 rings (SSSR count). The van der Waals surface area contributed by atoms with Crippen LogP contribution in [-0.2, 0) is 0 Å². The summed E-state index contributed by atoms with van der Waals surface area (Å²) >= 11 is 11.3. The minimum Gasteiger partial charge on any atom is -0.309 e. The molecule has 0 saturated heterocycles. The van der Waals surface area contributed by atoms with E-state index in [1.165, 1.54) is 3.94 Å². The fourth-order valence-electron chi connectivity index (χ4n) is 0.912. The summed E-state index contributed by atoms with van der Waals surface area (Å²) in [6.45, 7) is 5.14. The minimum atomic E-state index is -0.126. The zero-order chi connectivity index (χ0) is 9.78. The standard InChI is InChI=1S/C8H18Cl2N2/c1-8(2,12(9)10)6-5-7-11(3)4/h5-7H2,1-4H3. The van der Waals surface area contributed by atoms with E-state index in [2.05, 4.69) is 19.0 Å². The topological polar surface area (TPSA) is 6.48 Å². The summed E-state index contributed by atoms with van der Waals surface area (Å²) in [6, 6.07) is 0. The Morgan fingerprint density at radius 1 is 1.17 bits per heavy atom.